The van der Waals surface area contributed by atoms with E-state index in [1.807, 2.05) is 18.2 Å². The van der Waals surface area contributed by atoms with Crippen molar-refractivity contribution in [2.75, 3.05) is 6.61 Å². The lowest BCUT2D eigenvalue weighted by Crippen LogP contribution is -2.49. The van der Waals surface area contributed by atoms with Crippen molar-refractivity contribution in [1.29, 1.82) is 0 Å². The molecule has 2 N–H and O–H groups in total. The number of hydrogen-bond donors (Lipinski definition) is 2. The zero-order chi connectivity index (χ0) is 18.0. The van der Waals surface area contributed by atoms with E-state index in [-0.39, 0.29) is 17.7 Å². The number of fused-ring (bicyclic) bond motifs is 1. The Morgan fingerprint density at radius 2 is 1.92 bits per heavy atom. The normalized spacial score (nSPS) is 16.5. The highest BCUT2D eigenvalue weighted by atomic mass is 16.3. The van der Waals surface area contributed by atoms with Crippen LogP contribution in [0, 0.1) is 0 Å². The number of hydrogen-bond acceptors (Lipinski definition) is 5. The van der Waals surface area contributed by atoms with Gasteiger partial charge in [0.15, 0.2) is 5.82 Å². The summed E-state index contributed by atoms with van der Waals surface area (Å²) in [6.45, 7) is 1.37. The standard InChI is InChI=1S/C19H23N5O2/c25-14-19(8-4-5-9-19)23(12-15-6-2-1-3-7-15)13-16-21-22-17-18(26)20-10-11-24(16)17/h1-3,6-7,10-11,25H,4-5,8-9,12-14H2,(H,20,26). The van der Waals surface area contributed by atoms with E-state index >= 15 is 0 Å². The van der Waals surface area contributed by atoms with Gasteiger partial charge in [-0.15, -0.1) is 10.2 Å². The number of nitrogens with one attached hydrogen (secondary N) is 1. The molecule has 1 fully saturated rings. The predicted molar refractivity (Wildman–Crippen MR) is 97.6 cm³/mol. The fourth-order valence-corrected chi connectivity index (χ4v) is 3.97. The van der Waals surface area contributed by atoms with E-state index < -0.39 is 0 Å². The summed E-state index contributed by atoms with van der Waals surface area (Å²) >= 11 is 0. The van der Waals surface area contributed by atoms with E-state index in [1.54, 1.807) is 16.8 Å². The molecule has 1 saturated carbocycles. The van der Waals surface area contributed by atoms with Crippen molar-refractivity contribution in [2.24, 2.45) is 0 Å². The largest absolute Gasteiger partial charge is 0.394 e. The maximum absolute atomic E-state index is 11.9. The summed E-state index contributed by atoms with van der Waals surface area (Å²) < 4.78 is 1.73. The number of aliphatic hydroxyl groups is 1. The van der Waals surface area contributed by atoms with Gasteiger partial charge in [-0.1, -0.05) is 43.2 Å². The molecule has 0 saturated heterocycles. The van der Waals surface area contributed by atoms with Gasteiger partial charge in [-0.25, -0.2) is 0 Å². The summed E-state index contributed by atoms with van der Waals surface area (Å²) in [6, 6.07) is 10.3. The molecule has 7 heteroatoms. The van der Waals surface area contributed by atoms with Crippen LogP contribution in [-0.2, 0) is 13.1 Å². The third-order valence-electron chi connectivity index (χ3n) is 5.46. The highest BCUT2D eigenvalue weighted by molar-refractivity contribution is 5.34. The first-order chi connectivity index (χ1) is 12.7. The number of aromatic nitrogens is 4. The van der Waals surface area contributed by atoms with E-state index in [1.165, 1.54) is 5.56 Å². The monoisotopic (exact) mass is 353 g/mol. The molecule has 0 bridgehead atoms. The van der Waals surface area contributed by atoms with Gasteiger partial charge in [0.25, 0.3) is 5.56 Å². The van der Waals surface area contributed by atoms with Crippen molar-refractivity contribution >= 4 is 5.65 Å². The van der Waals surface area contributed by atoms with Crippen molar-refractivity contribution < 1.29 is 5.11 Å². The van der Waals surface area contributed by atoms with Crippen LogP contribution in [0.15, 0.2) is 47.5 Å². The maximum atomic E-state index is 11.9. The van der Waals surface area contributed by atoms with Crippen molar-refractivity contribution in [3.8, 4) is 0 Å². The van der Waals surface area contributed by atoms with Crippen molar-refractivity contribution in [3.05, 3.63) is 64.5 Å². The zero-order valence-electron chi connectivity index (χ0n) is 14.6. The van der Waals surface area contributed by atoms with E-state index in [9.17, 15) is 9.90 Å². The fraction of sp³-hybridized carbons (Fsp3) is 0.421. The Bertz CT molecular complexity index is 928. The first-order valence-corrected chi connectivity index (χ1v) is 9.03. The van der Waals surface area contributed by atoms with E-state index in [2.05, 4.69) is 32.2 Å². The van der Waals surface area contributed by atoms with Crippen molar-refractivity contribution in [2.45, 2.75) is 44.3 Å². The number of H-pyrrole nitrogens is 1. The first-order valence-electron chi connectivity index (χ1n) is 9.03. The molecule has 0 atom stereocenters. The van der Waals surface area contributed by atoms with Crippen LogP contribution in [-0.4, -0.2) is 41.7 Å². The number of benzene rings is 1. The molecule has 0 amide bonds. The lowest BCUT2D eigenvalue weighted by Gasteiger charge is -2.40. The molecule has 0 aliphatic heterocycles. The zero-order valence-corrected chi connectivity index (χ0v) is 14.6. The molecule has 1 aromatic carbocycles. The molecule has 3 aromatic rings. The third kappa shape index (κ3) is 3.04. The van der Waals surface area contributed by atoms with Gasteiger partial charge in [0.2, 0.25) is 5.65 Å². The van der Waals surface area contributed by atoms with Crippen LogP contribution in [0.5, 0.6) is 0 Å². The fourth-order valence-electron chi connectivity index (χ4n) is 3.97. The van der Waals surface area contributed by atoms with Gasteiger partial charge in [-0.05, 0) is 18.4 Å². The Labute approximate surface area is 151 Å². The average Bonchev–Trinajstić information content (AvgIpc) is 3.31. The summed E-state index contributed by atoms with van der Waals surface area (Å²) in [7, 11) is 0. The number of rotatable bonds is 6. The molecular formula is C19H23N5O2. The smallest absolute Gasteiger partial charge is 0.293 e. The molecule has 136 valence electrons. The van der Waals surface area contributed by atoms with Crippen molar-refractivity contribution in [3.63, 3.8) is 0 Å². The lowest BCUT2D eigenvalue weighted by molar-refractivity contribution is 0.0188. The van der Waals surface area contributed by atoms with E-state index in [4.69, 9.17) is 0 Å². The predicted octanol–water partition coefficient (Wildman–Crippen LogP) is 1.72. The summed E-state index contributed by atoms with van der Waals surface area (Å²) in [6.07, 6.45) is 7.54. The minimum Gasteiger partial charge on any atom is -0.394 e. The number of aromatic amines is 1. The van der Waals surface area contributed by atoms with Gasteiger partial charge in [0, 0.05) is 24.5 Å². The summed E-state index contributed by atoms with van der Waals surface area (Å²) in [4.78, 5) is 16.8. The Morgan fingerprint density at radius 1 is 1.15 bits per heavy atom. The molecule has 26 heavy (non-hydrogen) atoms. The van der Waals surface area contributed by atoms with Crippen LogP contribution in [0.1, 0.15) is 37.1 Å². The molecule has 2 heterocycles. The van der Waals surface area contributed by atoms with Crippen LogP contribution in [0.25, 0.3) is 5.65 Å². The van der Waals surface area contributed by atoms with Crippen LogP contribution in [0.3, 0.4) is 0 Å². The van der Waals surface area contributed by atoms with Gasteiger partial charge >= 0.3 is 0 Å². The second-order valence-electron chi connectivity index (χ2n) is 7.03. The van der Waals surface area contributed by atoms with Gasteiger partial charge in [-0.2, -0.15) is 0 Å². The minimum absolute atomic E-state index is 0.122. The number of aliphatic hydroxyl groups excluding tert-OH is 1. The SMILES string of the molecule is O=c1[nH]ccn2c(CN(Cc3ccccc3)C3(CO)CCCC3)nnc12. The summed E-state index contributed by atoms with van der Waals surface area (Å²) in [5.74, 6) is 0.710. The summed E-state index contributed by atoms with van der Waals surface area (Å²) in [5, 5.41) is 18.5. The molecular weight excluding hydrogens is 330 g/mol. The highest BCUT2D eigenvalue weighted by Gasteiger charge is 2.39. The second kappa shape index (κ2) is 7.01. The van der Waals surface area contributed by atoms with E-state index in [0.29, 0.717) is 18.0 Å². The first kappa shape index (κ1) is 16.9. The Morgan fingerprint density at radius 3 is 2.65 bits per heavy atom. The topological polar surface area (TPSA) is 86.5 Å². The van der Waals surface area contributed by atoms with Crippen LogP contribution in [0.4, 0.5) is 0 Å². The quantitative estimate of drug-likeness (QED) is 0.705. The molecule has 0 unspecified atom stereocenters. The van der Waals surface area contributed by atoms with Gasteiger partial charge in [-0.3, -0.25) is 14.1 Å². The average molecular weight is 353 g/mol. The maximum Gasteiger partial charge on any atom is 0.293 e. The highest BCUT2D eigenvalue weighted by Crippen LogP contribution is 2.36. The second-order valence-corrected chi connectivity index (χ2v) is 7.03. The molecule has 1 aliphatic rings. The van der Waals surface area contributed by atoms with Crippen LogP contribution in [0.2, 0.25) is 0 Å². The number of nitrogens with zero attached hydrogens (tertiary/aromatic N) is 4. The van der Waals surface area contributed by atoms with Crippen LogP contribution >= 0.6 is 0 Å². The van der Waals surface area contributed by atoms with Gasteiger partial charge in [0.05, 0.1) is 13.2 Å². The Hall–Kier alpha value is -2.51. The molecule has 4 rings (SSSR count). The third-order valence-corrected chi connectivity index (χ3v) is 5.46. The molecule has 0 spiro atoms. The lowest BCUT2D eigenvalue weighted by atomic mass is 9.95. The van der Waals surface area contributed by atoms with Gasteiger partial charge in [0.1, 0.15) is 0 Å². The minimum atomic E-state index is -0.251. The molecule has 0 radical (unpaired) electrons. The Balaban J connectivity index is 1.70. The van der Waals surface area contributed by atoms with Crippen molar-refractivity contribution in [1.82, 2.24) is 24.5 Å². The van der Waals surface area contributed by atoms with Crippen LogP contribution < -0.4 is 5.56 Å². The Kier molecular flexibility index (Phi) is 4.57. The molecule has 7 nitrogen and oxygen atoms in total. The molecule has 1 aliphatic carbocycles. The van der Waals surface area contributed by atoms with E-state index in [0.717, 1.165) is 32.2 Å². The molecule has 2 aromatic heterocycles. The van der Waals surface area contributed by atoms with Gasteiger partial charge < -0.3 is 10.1 Å². The summed E-state index contributed by atoms with van der Waals surface area (Å²) in [5.41, 5.74) is 0.993.